The van der Waals surface area contributed by atoms with Crippen molar-refractivity contribution in [2.24, 2.45) is 0 Å². The lowest BCUT2D eigenvalue weighted by atomic mass is 10.1. The van der Waals surface area contributed by atoms with Crippen molar-refractivity contribution in [3.63, 3.8) is 0 Å². The van der Waals surface area contributed by atoms with Gasteiger partial charge in [-0.1, -0.05) is 44.4 Å². The van der Waals surface area contributed by atoms with Gasteiger partial charge in [0.2, 0.25) is 0 Å². The summed E-state index contributed by atoms with van der Waals surface area (Å²) >= 11 is 0. The number of benzene rings is 2. The molecule has 0 unspecified atom stereocenters. The van der Waals surface area contributed by atoms with Crippen LogP contribution in [-0.2, 0) is 4.74 Å². The van der Waals surface area contributed by atoms with Crippen molar-refractivity contribution in [2.75, 3.05) is 11.5 Å². The maximum atomic E-state index is 12.7. The molecule has 5 heteroatoms. The Labute approximate surface area is 152 Å². The number of unbranched alkanes of at least 4 members (excludes halogenated alkanes) is 3. The Balaban J connectivity index is 1.74. The van der Waals surface area contributed by atoms with Crippen molar-refractivity contribution in [3.05, 3.63) is 65.2 Å². The first-order valence-electron chi connectivity index (χ1n) is 8.88. The SMILES string of the molecule is CCCCCCOC(=O)c1ccc2c(c1)C(=O)N(c1ccccc1)C2=O. The van der Waals surface area contributed by atoms with Crippen LogP contribution in [0.1, 0.15) is 63.7 Å². The van der Waals surface area contributed by atoms with E-state index in [1.54, 1.807) is 24.3 Å². The number of esters is 1. The molecule has 0 aliphatic carbocycles. The highest BCUT2D eigenvalue weighted by Gasteiger charge is 2.37. The number of nitrogens with zero attached hydrogens (tertiary/aromatic N) is 1. The molecule has 0 N–H and O–H groups in total. The molecule has 2 aromatic rings. The van der Waals surface area contributed by atoms with Crippen molar-refractivity contribution in [3.8, 4) is 0 Å². The summed E-state index contributed by atoms with van der Waals surface area (Å²) in [7, 11) is 0. The van der Waals surface area contributed by atoms with Gasteiger partial charge in [-0.3, -0.25) is 9.59 Å². The zero-order chi connectivity index (χ0) is 18.5. The molecule has 26 heavy (non-hydrogen) atoms. The van der Waals surface area contributed by atoms with Crippen molar-refractivity contribution >= 4 is 23.5 Å². The predicted octanol–water partition coefficient (Wildman–Crippen LogP) is 4.22. The Hall–Kier alpha value is -2.95. The van der Waals surface area contributed by atoms with E-state index < -0.39 is 11.9 Å². The third-order valence-electron chi connectivity index (χ3n) is 4.37. The van der Waals surface area contributed by atoms with Crippen LogP contribution in [0.25, 0.3) is 0 Å². The molecule has 0 fully saturated rings. The average molecular weight is 351 g/mol. The summed E-state index contributed by atoms with van der Waals surface area (Å²) in [4.78, 5) is 38.5. The number of imide groups is 1. The van der Waals surface area contributed by atoms with Gasteiger partial charge < -0.3 is 4.74 Å². The number of fused-ring (bicyclic) bond motifs is 1. The highest BCUT2D eigenvalue weighted by Crippen LogP contribution is 2.29. The number of rotatable bonds is 7. The molecule has 2 amide bonds. The zero-order valence-electron chi connectivity index (χ0n) is 14.7. The summed E-state index contributed by atoms with van der Waals surface area (Å²) in [5.41, 5.74) is 1.34. The molecule has 0 radical (unpaired) electrons. The number of carbonyl (C=O) groups excluding carboxylic acids is 3. The lowest BCUT2D eigenvalue weighted by Gasteiger charge is -2.13. The van der Waals surface area contributed by atoms with E-state index in [2.05, 4.69) is 6.92 Å². The average Bonchev–Trinajstić information content (AvgIpc) is 2.92. The molecular formula is C21H21NO4. The van der Waals surface area contributed by atoms with Crippen molar-refractivity contribution < 1.29 is 19.1 Å². The van der Waals surface area contributed by atoms with Gasteiger partial charge in [-0.15, -0.1) is 0 Å². The quantitative estimate of drug-likeness (QED) is 0.425. The molecular weight excluding hydrogens is 330 g/mol. The number of anilines is 1. The monoisotopic (exact) mass is 351 g/mol. The second-order valence-electron chi connectivity index (χ2n) is 6.24. The third kappa shape index (κ3) is 3.52. The zero-order valence-corrected chi connectivity index (χ0v) is 14.7. The summed E-state index contributed by atoms with van der Waals surface area (Å²) in [5.74, 6) is -1.27. The molecule has 5 nitrogen and oxygen atoms in total. The molecule has 0 bridgehead atoms. The van der Waals surface area contributed by atoms with Gasteiger partial charge in [0.25, 0.3) is 11.8 Å². The molecule has 0 atom stereocenters. The van der Waals surface area contributed by atoms with E-state index in [1.165, 1.54) is 18.2 Å². The van der Waals surface area contributed by atoms with E-state index in [0.29, 0.717) is 17.9 Å². The van der Waals surface area contributed by atoms with E-state index >= 15 is 0 Å². The van der Waals surface area contributed by atoms with Crippen LogP contribution in [0.5, 0.6) is 0 Å². The smallest absolute Gasteiger partial charge is 0.338 e. The Bertz CT molecular complexity index is 829. The second-order valence-corrected chi connectivity index (χ2v) is 6.24. The number of ether oxygens (including phenoxy) is 1. The maximum absolute atomic E-state index is 12.7. The lowest BCUT2D eigenvalue weighted by molar-refractivity contribution is 0.0497. The summed E-state index contributed by atoms with van der Waals surface area (Å²) < 4.78 is 5.26. The van der Waals surface area contributed by atoms with E-state index in [0.717, 1.165) is 30.6 Å². The summed E-state index contributed by atoms with van der Waals surface area (Å²) in [6, 6.07) is 13.3. The topological polar surface area (TPSA) is 63.7 Å². The van der Waals surface area contributed by atoms with Gasteiger partial charge >= 0.3 is 5.97 Å². The van der Waals surface area contributed by atoms with Crippen LogP contribution < -0.4 is 4.90 Å². The van der Waals surface area contributed by atoms with Crippen molar-refractivity contribution in [1.29, 1.82) is 0 Å². The fourth-order valence-corrected chi connectivity index (χ4v) is 2.96. The van der Waals surface area contributed by atoms with Crippen LogP contribution in [0.2, 0.25) is 0 Å². The Kier molecular flexibility index (Phi) is 5.46. The number of carbonyl (C=O) groups is 3. The molecule has 2 aromatic carbocycles. The van der Waals surface area contributed by atoms with E-state index in [9.17, 15) is 14.4 Å². The molecule has 3 rings (SSSR count). The first kappa shape index (κ1) is 17.9. The maximum Gasteiger partial charge on any atom is 0.338 e. The van der Waals surface area contributed by atoms with Gasteiger partial charge in [-0.2, -0.15) is 0 Å². The number of amides is 2. The number of hydrogen-bond donors (Lipinski definition) is 0. The number of hydrogen-bond acceptors (Lipinski definition) is 4. The standard InChI is InChI=1S/C21H21NO4/c1-2-3-4-8-13-26-21(25)15-11-12-17-18(14-15)20(24)22(19(17)23)16-9-6-5-7-10-16/h5-7,9-12,14H,2-4,8,13H2,1H3. The van der Waals surface area contributed by atoms with Crippen molar-refractivity contribution in [2.45, 2.75) is 32.6 Å². The molecule has 0 aromatic heterocycles. The largest absolute Gasteiger partial charge is 0.462 e. The highest BCUT2D eigenvalue weighted by molar-refractivity contribution is 6.34. The fraction of sp³-hybridized carbons (Fsp3) is 0.286. The van der Waals surface area contributed by atoms with Crippen LogP contribution in [0.3, 0.4) is 0 Å². The van der Waals surface area contributed by atoms with Crippen LogP contribution in [0, 0.1) is 0 Å². The molecule has 0 saturated carbocycles. The second kappa shape index (κ2) is 7.95. The first-order valence-corrected chi connectivity index (χ1v) is 8.88. The van der Waals surface area contributed by atoms with Crippen molar-refractivity contribution in [1.82, 2.24) is 0 Å². The minimum Gasteiger partial charge on any atom is -0.462 e. The van der Waals surface area contributed by atoms with Gasteiger partial charge in [0.1, 0.15) is 0 Å². The van der Waals surface area contributed by atoms with Crippen LogP contribution in [0.4, 0.5) is 5.69 Å². The van der Waals surface area contributed by atoms with Crippen LogP contribution in [-0.4, -0.2) is 24.4 Å². The van der Waals surface area contributed by atoms with Crippen LogP contribution in [0.15, 0.2) is 48.5 Å². The first-order chi connectivity index (χ1) is 12.6. The van der Waals surface area contributed by atoms with Gasteiger partial charge in [0, 0.05) is 0 Å². The lowest BCUT2D eigenvalue weighted by Crippen LogP contribution is -2.29. The van der Waals surface area contributed by atoms with Gasteiger partial charge in [-0.25, -0.2) is 9.69 Å². The molecule has 134 valence electrons. The van der Waals surface area contributed by atoms with E-state index in [4.69, 9.17) is 4.74 Å². The Morgan fingerprint density at radius 1 is 0.923 bits per heavy atom. The Morgan fingerprint density at radius 3 is 2.38 bits per heavy atom. The number of para-hydroxylation sites is 1. The third-order valence-corrected chi connectivity index (χ3v) is 4.37. The minimum atomic E-state index is -0.470. The van der Waals surface area contributed by atoms with E-state index in [1.807, 2.05) is 6.07 Å². The van der Waals surface area contributed by atoms with E-state index in [-0.39, 0.29) is 17.0 Å². The van der Waals surface area contributed by atoms with Gasteiger partial charge in [0.15, 0.2) is 0 Å². The molecule has 1 heterocycles. The summed E-state index contributed by atoms with van der Waals surface area (Å²) in [6.45, 7) is 2.48. The van der Waals surface area contributed by atoms with Crippen LogP contribution >= 0.6 is 0 Å². The normalized spacial score (nSPS) is 13.0. The fourth-order valence-electron chi connectivity index (χ4n) is 2.96. The summed E-state index contributed by atoms with van der Waals surface area (Å²) in [5, 5.41) is 0. The minimum absolute atomic E-state index is 0.235. The molecule has 1 aliphatic rings. The highest BCUT2D eigenvalue weighted by atomic mass is 16.5. The Morgan fingerprint density at radius 2 is 1.65 bits per heavy atom. The van der Waals surface area contributed by atoms with Gasteiger partial charge in [-0.05, 0) is 36.8 Å². The molecule has 0 spiro atoms. The predicted molar refractivity (Wildman–Crippen MR) is 98.4 cm³/mol. The summed E-state index contributed by atoms with van der Waals surface area (Å²) in [6.07, 6.45) is 4.08. The molecule has 0 saturated heterocycles. The van der Waals surface area contributed by atoms with Gasteiger partial charge in [0.05, 0.1) is 29.0 Å². The molecule has 1 aliphatic heterocycles.